The minimum absolute atomic E-state index is 0.589. The summed E-state index contributed by atoms with van der Waals surface area (Å²) in [6.07, 6.45) is 8.90. The Morgan fingerprint density at radius 3 is 2.32 bits per heavy atom. The van der Waals surface area contributed by atoms with Crippen molar-refractivity contribution in [2.24, 2.45) is 0 Å². The molecule has 0 radical (unpaired) electrons. The van der Waals surface area contributed by atoms with Crippen molar-refractivity contribution in [2.75, 3.05) is 38.2 Å². The van der Waals surface area contributed by atoms with E-state index in [1.807, 2.05) is 18.5 Å². The minimum Gasteiger partial charge on any atom is -0.304 e. The van der Waals surface area contributed by atoms with Gasteiger partial charge in [0.15, 0.2) is 0 Å². The van der Waals surface area contributed by atoms with Crippen molar-refractivity contribution < 1.29 is 0 Å². The van der Waals surface area contributed by atoms with E-state index >= 15 is 0 Å². The highest BCUT2D eigenvalue weighted by Gasteiger charge is 2.30. The average Bonchev–Trinajstić information content (AvgIpc) is 2.96. The number of hydrazine groups is 1. The third kappa shape index (κ3) is 2.87. The Balaban J connectivity index is 1.80. The zero-order chi connectivity index (χ0) is 13.1. The van der Waals surface area contributed by atoms with Gasteiger partial charge in [0.05, 0.1) is 0 Å². The standard InChI is InChI=1S/C14H23N5/c1-17-9-11-18(12-10-17)19(13-5-2-3-6-13)14-15-7-4-8-16-14/h4,7-8,13H,2-3,5-6,9-12H2,1H3. The van der Waals surface area contributed by atoms with Gasteiger partial charge in [-0.2, -0.15) is 0 Å². The molecule has 2 fully saturated rings. The Hall–Kier alpha value is -1.20. The molecule has 5 nitrogen and oxygen atoms in total. The maximum atomic E-state index is 4.48. The molecule has 2 heterocycles. The molecule has 0 unspecified atom stereocenters. The zero-order valence-electron chi connectivity index (χ0n) is 11.7. The second kappa shape index (κ2) is 5.84. The van der Waals surface area contributed by atoms with Gasteiger partial charge in [0.1, 0.15) is 0 Å². The number of hydrogen-bond acceptors (Lipinski definition) is 5. The molecule has 0 aromatic carbocycles. The Morgan fingerprint density at radius 2 is 1.68 bits per heavy atom. The van der Waals surface area contributed by atoms with Crippen LogP contribution in [0.2, 0.25) is 0 Å². The highest BCUT2D eigenvalue weighted by atomic mass is 15.7. The van der Waals surface area contributed by atoms with Gasteiger partial charge >= 0.3 is 0 Å². The molecule has 2 aliphatic rings. The number of anilines is 1. The van der Waals surface area contributed by atoms with Crippen molar-refractivity contribution in [3.8, 4) is 0 Å². The first-order valence-electron chi connectivity index (χ1n) is 7.34. The van der Waals surface area contributed by atoms with Crippen molar-refractivity contribution in [3.05, 3.63) is 18.5 Å². The summed E-state index contributed by atoms with van der Waals surface area (Å²) in [5, 5.41) is 4.82. The third-order valence-corrected chi connectivity index (χ3v) is 4.21. The molecule has 1 aromatic rings. The van der Waals surface area contributed by atoms with Crippen LogP contribution in [-0.2, 0) is 0 Å². The summed E-state index contributed by atoms with van der Waals surface area (Å²) in [5.41, 5.74) is 0. The van der Waals surface area contributed by atoms with Gasteiger partial charge in [-0.1, -0.05) is 12.8 Å². The average molecular weight is 261 g/mol. The number of aromatic nitrogens is 2. The van der Waals surface area contributed by atoms with Gasteiger partial charge in [-0.25, -0.2) is 15.0 Å². The highest BCUT2D eigenvalue weighted by Crippen LogP contribution is 2.27. The fourth-order valence-corrected chi connectivity index (χ4v) is 3.09. The maximum Gasteiger partial charge on any atom is 0.240 e. The maximum absolute atomic E-state index is 4.48. The lowest BCUT2D eigenvalue weighted by atomic mass is 10.2. The third-order valence-electron chi connectivity index (χ3n) is 4.21. The monoisotopic (exact) mass is 261 g/mol. The molecule has 19 heavy (non-hydrogen) atoms. The molecule has 0 bridgehead atoms. The second-order valence-electron chi connectivity index (χ2n) is 5.59. The van der Waals surface area contributed by atoms with Gasteiger partial charge < -0.3 is 4.90 Å². The van der Waals surface area contributed by atoms with Crippen molar-refractivity contribution in [1.29, 1.82) is 0 Å². The molecular weight excluding hydrogens is 238 g/mol. The number of likely N-dealkylation sites (N-methyl/N-ethyl adjacent to an activating group) is 1. The normalized spacial score (nSPS) is 22.8. The highest BCUT2D eigenvalue weighted by molar-refractivity contribution is 5.29. The topological polar surface area (TPSA) is 35.5 Å². The second-order valence-corrected chi connectivity index (χ2v) is 5.59. The fraction of sp³-hybridized carbons (Fsp3) is 0.714. The van der Waals surface area contributed by atoms with E-state index in [0.717, 1.165) is 32.1 Å². The van der Waals surface area contributed by atoms with E-state index in [2.05, 4.69) is 31.9 Å². The largest absolute Gasteiger partial charge is 0.304 e. The molecule has 1 aliphatic carbocycles. The quantitative estimate of drug-likeness (QED) is 0.821. The van der Waals surface area contributed by atoms with E-state index < -0.39 is 0 Å². The van der Waals surface area contributed by atoms with E-state index in [1.165, 1.54) is 25.7 Å². The Labute approximate surface area is 115 Å². The van der Waals surface area contributed by atoms with Gasteiger partial charge in [0, 0.05) is 44.6 Å². The first kappa shape index (κ1) is 12.8. The Kier molecular flexibility index (Phi) is 3.94. The van der Waals surface area contributed by atoms with Crippen LogP contribution in [0, 0.1) is 0 Å². The number of nitrogens with zero attached hydrogens (tertiary/aromatic N) is 5. The summed E-state index contributed by atoms with van der Waals surface area (Å²) in [6, 6.07) is 2.48. The first-order chi connectivity index (χ1) is 9.34. The smallest absolute Gasteiger partial charge is 0.240 e. The summed E-state index contributed by atoms with van der Waals surface area (Å²) < 4.78 is 0. The predicted molar refractivity (Wildman–Crippen MR) is 75.8 cm³/mol. The molecule has 1 saturated heterocycles. The molecule has 1 aromatic heterocycles. The summed E-state index contributed by atoms with van der Waals surface area (Å²) >= 11 is 0. The lowest BCUT2D eigenvalue weighted by Gasteiger charge is -2.43. The molecule has 1 aliphatic heterocycles. The number of piperazine rings is 1. The van der Waals surface area contributed by atoms with Crippen LogP contribution in [0.1, 0.15) is 25.7 Å². The summed E-state index contributed by atoms with van der Waals surface area (Å²) in [5.74, 6) is 0.874. The van der Waals surface area contributed by atoms with Gasteiger partial charge in [-0.05, 0) is 26.0 Å². The van der Waals surface area contributed by atoms with Crippen molar-refractivity contribution in [3.63, 3.8) is 0 Å². The summed E-state index contributed by atoms with van der Waals surface area (Å²) in [6.45, 7) is 4.39. The van der Waals surface area contributed by atoms with Crippen molar-refractivity contribution in [2.45, 2.75) is 31.7 Å². The lowest BCUT2D eigenvalue weighted by Crippen LogP contribution is -2.56. The van der Waals surface area contributed by atoms with E-state index in [1.54, 1.807) is 0 Å². The molecule has 0 amide bonds. The predicted octanol–water partition coefficient (Wildman–Crippen LogP) is 1.39. The van der Waals surface area contributed by atoms with Crippen LogP contribution < -0.4 is 5.01 Å². The Morgan fingerprint density at radius 1 is 1.05 bits per heavy atom. The fourth-order valence-electron chi connectivity index (χ4n) is 3.09. The molecule has 0 spiro atoms. The van der Waals surface area contributed by atoms with Gasteiger partial charge in [-0.3, -0.25) is 5.01 Å². The molecule has 0 N–H and O–H groups in total. The van der Waals surface area contributed by atoms with Crippen molar-refractivity contribution >= 4 is 5.95 Å². The van der Waals surface area contributed by atoms with Gasteiger partial charge in [-0.15, -0.1) is 0 Å². The van der Waals surface area contributed by atoms with Gasteiger partial charge in [0.25, 0.3) is 0 Å². The van der Waals surface area contributed by atoms with E-state index in [9.17, 15) is 0 Å². The molecule has 1 saturated carbocycles. The first-order valence-corrected chi connectivity index (χ1v) is 7.34. The van der Waals surface area contributed by atoms with E-state index in [4.69, 9.17) is 0 Å². The Bertz CT molecular complexity index is 382. The van der Waals surface area contributed by atoms with E-state index in [0.29, 0.717) is 6.04 Å². The minimum atomic E-state index is 0.589. The number of hydrogen-bond donors (Lipinski definition) is 0. The molecular formula is C14H23N5. The van der Waals surface area contributed by atoms with Gasteiger partial charge in [0.2, 0.25) is 5.95 Å². The molecule has 3 rings (SSSR count). The summed E-state index contributed by atoms with van der Waals surface area (Å²) in [7, 11) is 2.19. The van der Waals surface area contributed by atoms with Crippen LogP contribution in [0.5, 0.6) is 0 Å². The van der Waals surface area contributed by atoms with Crippen LogP contribution in [0.25, 0.3) is 0 Å². The van der Waals surface area contributed by atoms with Crippen LogP contribution in [0.3, 0.4) is 0 Å². The molecule has 5 heteroatoms. The summed E-state index contributed by atoms with van der Waals surface area (Å²) in [4.78, 5) is 11.3. The van der Waals surface area contributed by atoms with Crippen LogP contribution in [-0.4, -0.2) is 59.1 Å². The van der Waals surface area contributed by atoms with E-state index in [-0.39, 0.29) is 0 Å². The zero-order valence-corrected chi connectivity index (χ0v) is 11.7. The van der Waals surface area contributed by atoms with Crippen LogP contribution in [0.4, 0.5) is 5.95 Å². The molecule has 0 atom stereocenters. The number of rotatable bonds is 3. The van der Waals surface area contributed by atoms with Crippen LogP contribution in [0.15, 0.2) is 18.5 Å². The molecule has 104 valence electrons. The SMILES string of the molecule is CN1CCN(N(c2ncccn2)C2CCCC2)CC1. The van der Waals surface area contributed by atoms with Crippen molar-refractivity contribution in [1.82, 2.24) is 19.9 Å². The lowest BCUT2D eigenvalue weighted by molar-refractivity contribution is 0.127. The van der Waals surface area contributed by atoms with Crippen LogP contribution >= 0.6 is 0 Å².